The predicted molar refractivity (Wildman–Crippen MR) is 88.0 cm³/mol. The average Bonchev–Trinajstić information content (AvgIpc) is 2.58. The molecule has 0 radical (unpaired) electrons. The number of ketones is 2. The minimum atomic E-state index is -0.924. The van der Waals surface area contributed by atoms with Gasteiger partial charge in [-0.3, -0.25) is 9.59 Å². The van der Waals surface area contributed by atoms with Crippen molar-refractivity contribution in [3.05, 3.63) is 35.9 Å². The van der Waals surface area contributed by atoms with Crippen molar-refractivity contribution in [2.24, 2.45) is 11.8 Å². The molecule has 0 N–H and O–H groups in total. The first kappa shape index (κ1) is 17.8. The molecule has 0 heterocycles. The van der Waals surface area contributed by atoms with Crippen LogP contribution in [0.25, 0.3) is 0 Å². The Bertz CT molecular complexity index is 507. The summed E-state index contributed by atoms with van der Waals surface area (Å²) in [5, 5.41) is 0. The SMILES string of the molecule is COC(OC)C(=O)[C@H]1CCC[C@H](CCCc2ccccc2)C1=O. The first-order chi connectivity index (χ1) is 11.2. The third-order valence-electron chi connectivity index (χ3n) is 4.66. The number of carbonyl (C=O) groups excluding carboxylic acids is 2. The van der Waals surface area contributed by atoms with Crippen LogP contribution in [0.4, 0.5) is 0 Å². The molecule has 1 saturated carbocycles. The molecular formula is C19H26O4. The molecule has 1 fully saturated rings. The summed E-state index contributed by atoms with van der Waals surface area (Å²) in [5.41, 5.74) is 1.29. The second-order valence-corrected chi connectivity index (χ2v) is 6.17. The Labute approximate surface area is 138 Å². The van der Waals surface area contributed by atoms with Gasteiger partial charge in [-0.25, -0.2) is 0 Å². The maximum atomic E-state index is 12.6. The number of methoxy groups -OCH3 is 2. The standard InChI is InChI=1S/C19H26O4/c1-22-19(23-2)18(21)16-13-7-12-15(17(16)20)11-6-10-14-8-4-3-5-9-14/h3-5,8-9,15-16,19H,6-7,10-13H2,1-2H3/t15-,16-/m0/s1. The third-order valence-corrected chi connectivity index (χ3v) is 4.66. The maximum Gasteiger partial charge on any atom is 0.218 e. The molecule has 1 aromatic carbocycles. The van der Waals surface area contributed by atoms with Gasteiger partial charge < -0.3 is 9.47 Å². The van der Waals surface area contributed by atoms with Gasteiger partial charge in [-0.05, 0) is 37.7 Å². The zero-order valence-corrected chi connectivity index (χ0v) is 14.0. The van der Waals surface area contributed by atoms with E-state index in [2.05, 4.69) is 12.1 Å². The summed E-state index contributed by atoms with van der Waals surface area (Å²) in [6.45, 7) is 0. The Hall–Kier alpha value is -1.52. The van der Waals surface area contributed by atoms with Crippen LogP contribution < -0.4 is 0 Å². The van der Waals surface area contributed by atoms with Crippen molar-refractivity contribution in [2.45, 2.75) is 44.8 Å². The minimum absolute atomic E-state index is 0.00391. The number of ether oxygens (including phenoxy) is 2. The van der Waals surface area contributed by atoms with Crippen molar-refractivity contribution in [1.29, 1.82) is 0 Å². The molecule has 1 aliphatic carbocycles. The zero-order chi connectivity index (χ0) is 16.7. The lowest BCUT2D eigenvalue weighted by Gasteiger charge is -2.28. The Morgan fingerprint density at radius 2 is 1.87 bits per heavy atom. The fourth-order valence-corrected chi connectivity index (χ4v) is 3.40. The molecule has 1 aliphatic rings. The largest absolute Gasteiger partial charge is 0.349 e. The van der Waals surface area contributed by atoms with E-state index in [1.165, 1.54) is 19.8 Å². The van der Waals surface area contributed by atoms with Crippen LogP contribution in [-0.2, 0) is 25.5 Å². The lowest BCUT2D eigenvalue weighted by atomic mass is 9.76. The summed E-state index contributed by atoms with van der Waals surface area (Å²) in [6, 6.07) is 10.3. The summed E-state index contributed by atoms with van der Waals surface area (Å²) in [5.74, 6) is -0.715. The highest BCUT2D eigenvalue weighted by Crippen LogP contribution is 2.30. The van der Waals surface area contributed by atoms with Crippen molar-refractivity contribution in [2.75, 3.05) is 14.2 Å². The number of hydrogen-bond acceptors (Lipinski definition) is 4. The summed E-state index contributed by atoms with van der Waals surface area (Å²) >= 11 is 0. The molecule has 2 atom stereocenters. The van der Waals surface area contributed by atoms with Crippen LogP contribution in [0.15, 0.2) is 30.3 Å². The predicted octanol–water partition coefficient (Wildman–Crippen LogP) is 3.18. The van der Waals surface area contributed by atoms with Gasteiger partial charge in [0, 0.05) is 20.1 Å². The second-order valence-electron chi connectivity index (χ2n) is 6.17. The van der Waals surface area contributed by atoms with Crippen LogP contribution in [-0.4, -0.2) is 32.1 Å². The van der Waals surface area contributed by atoms with Crippen LogP contribution >= 0.6 is 0 Å². The van der Waals surface area contributed by atoms with Gasteiger partial charge in [-0.15, -0.1) is 0 Å². The molecular weight excluding hydrogens is 292 g/mol. The first-order valence-corrected chi connectivity index (χ1v) is 8.34. The van der Waals surface area contributed by atoms with E-state index < -0.39 is 12.2 Å². The summed E-state index contributed by atoms with van der Waals surface area (Å²) in [6.07, 6.45) is 4.30. The van der Waals surface area contributed by atoms with Gasteiger partial charge in [-0.2, -0.15) is 0 Å². The number of carbonyl (C=O) groups is 2. The molecule has 0 unspecified atom stereocenters. The molecule has 1 aromatic rings. The molecule has 0 aromatic heterocycles. The number of aryl methyl sites for hydroxylation is 1. The van der Waals surface area contributed by atoms with Gasteiger partial charge >= 0.3 is 0 Å². The summed E-state index contributed by atoms with van der Waals surface area (Å²) < 4.78 is 10.0. The fourth-order valence-electron chi connectivity index (χ4n) is 3.40. The zero-order valence-electron chi connectivity index (χ0n) is 14.0. The Morgan fingerprint density at radius 1 is 1.17 bits per heavy atom. The van der Waals surface area contributed by atoms with E-state index in [4.69, 9.17) is 9.47 Å². The molecule has 126 valence electrons. The average molecular weight is 318 g/mol. The third kappa shape index (κ3) is 4.72. The quantitative estimate of drug-likeness (QED) is 0.546. The second kappa shape index (κ2) is 8.94. The molecule has 0 spiro atoms. The highest BCUT2D eigenvalue weighted by molar-refractivity contribution is 6.05. The van der Waals surface area contributed by atoms with Crippen LogP contribution in [0.1, 0.15) is 37.7 Å². The lowest BCUT2D eigenvalue weighted by Crippen LogP contribution is -2.40. The van der Waals surface area contributed by atoms with Crippen molar-refractivity contribution < 1.29 is 19.1 Å². The van der Waals surface area contributed by atoms with Crippen LogP contribution in [0, 0.1) is 11.8 Å². The van der Waals surface area contributed by atoms with E-state index in [1.54, 1.807) is 0 Å². The number of Topliss-reactive ketones (excluding diaryl/α,β-unsaturated/α-hetero) is 2. The maximum absolute atomic E-state index is 12.6. The van der Waals surface area contributed by atoms with Crippen LogP contribution in [0.5, 0.6) is 0 Å². The monoisotopic (exact) mass is 318 g/mol. The van der Waals surface area contributed by atoms with Gasteiger partial charge in [0.15, 0.2) is 5.78 Å². The molecule has 0 bridgehead atoms. The van der Waals surface area contributed by atoms with E-state index in [0.717, 1.165) is 32.1 Å². The fraction of sp³-hybridized carbons (Fsp3) is 0.579. The van der Waals surface area contributed by atoms with E-state index in [-0.39, 0.29) is 17.5 Å². The normalized spacial score (nSPS) is 21.6. The van der Waals surface area contributed by atoms with E-state index in [0.29, 0.717) is 6.42 Å². The van der Waals surface area contributed by atoms with Gasteiger partial charge in [-0.1, -0.05) is 36.8 Å². The molecule has 0 amide bonds. The van der Waals surface area contributed by atoms with Crippen molar-refractivity contribution in [3.8, 4) is 0 Å². The van der Waals surface area contributed by atoms with E-state index in [9.17, 15) is 9.59 Å². The number of hydrogen-bond donors (Lipinski definition) is 0. The molecule has 2 rings (SSSR count). The summed E-state index contributed by atoms with van der Waals surface area (Å²) in [4.78, 5) is 25.0. The first-order valence-electron chi connectivity index (χ1n) is 8.34. The van der Waals surface area contributed by atoms with Crippen LogP contribution in [0.3, 0.4) is 0 Å². The number of benzene rings is 1. The van der Waals surface area contributed by atoms with Gasteiger partial charge in [0.25, 0.3) is 0 Å². The highest BCUT2D eigenvalue weighted by atomic mass is 16.7. The van der Waals surface area contributed by atoms with Crippen LogP contribution in [0.2, 0.25) is 0 Å². The molecule has 23 heavy (non-hydrogen) atoms. The van der Waals surface area contributed by atoms with E-state index in [1.807, 2.05) is 18.2 Å². The number of rotatable bonds is 8. The molecule has 4 heteroatoms. The Balaban J connectivity index is 1.88. The van der Waals surface area contributed by atoms with Crippen molar-refractivity contribution in [1.82, 2.24) is 0 Å². The smallest absolute Gasteiger partial charge is 0.218 e. The Kier molecular flexibility index (Phi) is 6.93. The Morgan fingerprint density at radius 3 is 2.52 bits per heavy atom. The van der Waals surface area contributed by atoms with Gasteiger partial charge in [0.1, 0.15) is 5.78 Å². The van der Waals surface area contributed by atoms with Crippen molar-refractivity contribution >= 4 is 11.6 Å². The molecule has 0 aliphatic heterocycles. The summed E-state index contributed by atoms with van der Waals surface area (Å²) in [7, 11) is 2.85. The van der Waals surface area contributed by atoms with Crippen molar-refractivity contribution in [3.63, 3.8) is 0 Å². The lowest BCUT2D eigenvalue weighted by molar-refractivity contribution is -0.164. The molecule has 0 saturated heterocycles. The van der Waals surface area contributed by atoms with Gasteiger partial charge in [0.05, 0.1) is 5.92 Å². The highest BCUT2D eigenvalue weighted by Gasteiger charge is 2.38. The minimum Gasteiger partial charge on any atom is -0.349 e. The van der Waals surface area contributed by atoms with E-state index >= 15 is 0 Å². The topological polar surface area (TPSA) is 52.6 Å². The molecule has 4 nitrogen and oxygen atoms in total. The van der Waals surface area contributed by atoms with Gasteiger partial charge in [0.2, 0.25) is 6.29 Å².